The molecule has 2 aliphatic carbocycles. The van der Waals surface area contributed by atoms with Gasteiger partial charge in [0.25, 0.3) is 5.91 Å². The first-order valence-electron chi connectivity index (χ1n) is 9.94. The molecule has 5 nitrogen and oxygen atoms in total. The molecule has 26 heavy (non-hydrogen) atoms. The first kappa shape index (κ1) is 16.5. The van der Waals surface area contributed by atoms with Crippen molar-refractivity contribution in [2.45, 2.75) is 57.4 Å². The lowest BCUT2D eigenvalue weighted by atomic mass is 9.67. The van der Waals surface area contributed by atoms with E-state index in [1.165, 1.54) is 44.9 Å². The average Bonchev–Trinajstić information content (AvgIpc) is 3.05. The molecule has 0 N–H and O–H groups in total. The normalized spacial score (nSPS) is 25.1. The fourth-order valence-corrected chi connectivity index (χ4v) is 5.69. The van der Waals surface area contributed by atoms with Crippen molar-refractivity contribution in [2.75, 3.05) is 13.1 Å². The lowest BCUT2D eigenvalue weighted by Crippen LogP contribution is -2.34. The summed E-state index contributed by atoms with van der Waals surface area (Å²) in [5, 5.41) is 12.8. The first-order valence-corrected chi connectivity index (χ1v) is 10.9. The summed E-state index contributed by atoms with van der Waals surface area (Å²) < 4.78 is 2.29. The maximum atomic E-state index is 13.0. The lowest BCUT2D eigenvalue weighted by Gasteiger charge is -2.37. The number of thiophene rings is 1. The van der Waals surface area contributed by atoms with Gasteiger partial charge < -0.3 is 9.47 Å². The van der Waals surface area contributed by atoms with Crippen molar-refractivity contribution in [1.82, 2.24) is 19.7 Å². The van der Waals surface area contributed by atoms with Crippen molar-refractivity contribution in [3.63, 3.8) is 0 Å². The molecule has 2 aromatic rings. The number of carbonyl (C=O) groups excluding carboxylic acids is 1. The van der Waals surface area contributed by atoms with E-state index in [-0.39, 0.29) is 11.3 Å². The van der Waals surface area contributed by atoms with Gasteiger partial charge in [-0.3, -0.25) is 4.79 Å². The van der Waals surface area contributed by atoms with Crippen LogP contribution in [0.4, 0.5) is 0 Å². The zero-order valence-electron chi connectivity index (χ0n) is 15.1. The predicted molar refractivity (Wildman–Crippen MR) is 101 cm³/mol. The van der Waals surface area contributed by atoms with Crippen molar-refractivity contribution in [3.05, 3.63) is 34.5 Å². The second-order valence-electron chi connectivity index (χ2n) is 8.46. The monoisotopic (exact) mass is 370 g/mol. The van der Waals surface area contributed by atoms with E-state index in [9.17, 15) is 4.79 Å². The fourth-order valence-electron chi connectivity index (χ4n) is 5.06. The van der Waals surface area contributed by atoms with Crippen LogP contribution in [-0.4, -0.2) is 38.7 Å². The van der Waals surface area contributed by atoms with E-state index in [0.29, 0.717) is 5.92 Å². The lowest BCUT2D eigenvalue weighted by molar-refractivity contribution is 0.0758. The highest BCUT2D eigenvalue weighted by Gasteiger charge is 2.50. The number of hydrogen-bond donors (Lipinski definition) is 0. The molecule has 2 saturated carbocycles. The van der Waals surface area contributed by atoms with Crippen LogP contribution < -0.4 is 0 Å². The van der Waals surface area contributed by atoms with Gasteiger partial charge in [-0.25, -0.2) is 0 Å². The van der Waals surface area contributed by atoms with Crippen LogP contribution in [0.2, 0.25) is 0 Å². The van der Waals surface area contributed by atoms with E-state index in [1.807, 2.05) is 23.2 Å². The van der Waals surface area contributed by atoms with Crippen LogP contribution >= 0.6 is 11.3 Å². The second kappa shape index (κ2) is 6.48. The molecular formula is C20H26N4OS. The molecule has 0 bridgehead atoms. The van der Waals surface area contributed by atoms with Gasteiger partial charge in [0.2, 0.25) is 0 Å². The molecule has 3 heterocycles. The number of nitrogens with zero attached hydrogens (tertiary/aromatic N) is 4. The summed E-state index contributed by atoms with van der Waals surface area (Å²) in [6.07, 6.45) is 10.9. The standard InChI is InChI=1S/C20H26N4OS/c25-19(16-6-9-26-12-16)23-11-17(20(13-23)7-2-1-3-8-20)18-22-21-14-24(18)10-15-4-5-15/h6,9,12,14-15,17H,1-5,7-8,10-11,13H2. The van der Waals surface area contributed by atoms with Crippen LogP contribution in [0, 0.1) is 11.3 Å². The number of carbonyl (C=O) groups is 1. The van der Waals surface area contributed by atoms with Crippen molar-refractivity contribution in [1.29, 1.82) is 0 Å². The minimum atomic E-state index is 0.187. The molecule has 3 fully saturated rings. The third-order valence-electron chi connectivity index (χ3n) is 6.66. The molecule has 1 atom stereocenters. The summed E-state index contributed by atoms with van der Waals surface area (Å²) in [6, 6.07) is 1.95. The van der Waals surface area contributed by atoms with Crippen LogP contribution in [0.1, 0.15) is 67.0 Å². The van der Waals surface area contributed by atoms with Gasteiger partial charge >= 0.3 is 0 Å². The van der Waals surface area contributed by atoms with Crippen LogP contribution in [0.3, 0.4) is 0 Å². The zero-order valence-corrected chi connectivity index (χ0v) is 16.0. The third-order valence-corrected chi connectivity index (χ3v) is 7.34. The molecule has 1 unspecified atom stereocenters. The van der Waals surface area contributed by atoms with Crippen molar-refractivity contribution in [3.8, 4) is 0 Å². The Morgan fingerprint density at radius 1 is 1.27 bits per heavy atom. The maximum absolute atomic E-state index is 13.0. The minimum absolute atomic E-state index is 0.187. The summed E-state index contributed by atoms with van der Waals surface area (Å²) >= 11 is 1.59. The molecule has 1 aliphatic heterocycles. The molecule has 0 aromatic carbocycles. The van der Waals surface area contributed by atoms with Gasteiger partial charge in [-0.1, -0.05) is 19.3 Å². The largest absolute Gasteiger partial charge is 0.337 e. The first-order chi connectivity index (χ1) is 12.8. The fraction of sp³-hybridized carbons (Fsp3) is 0.650. The summed E-state index contributed by atoms with van der Waals surface area (Å²) in [4.78, 5) is 15.1. The van der Waals surface area contributed by atoms with Crippen molar-refractivity contribution >= 4 is 17.2 Å². The molecule has 0 radical (unpaired) electrons. The van der Waals surface area contributed by atoms with Crippen molar-refractivity contribution < 1.29 is 4.79 Å². The van der Waals surface area contributed by atoms with Crippen LogP contribution in [0.25, 0.3) is 0 Å². The average molecular weight is 371 g/mol. The molecule has 1 saturated heterocycles. The van der Waals surface area contributed by atoms with Crippen LogP contribution in [0.15, 0.2) is 23.2 Å². The Bertz CT molecular complexity index is 774. The van der Waals surface area contributed by atoms with Gasteiger partial charge in [-0.15, -0.1) is 10.2 Å². The Morgan fingerprint density at radius 3 is 2.85 bits per heavy atom. The summed E-state index contributed by atoms with van der Waals surface area (Å²) in [5.41, 5.74) is 1.03. The number of aromatic nitrogens is 3. The topological polar surface area (TPSA) is 51.0 Å². The molecule has 138 valence electrons. The zero-order chi connectivity index (χ0) is 17.6. The van der Waals surface area contributed by atoms with E-state index in [0.717, 1.165) is 36.9 Å². The van der Waals surface area contributed by atoms with Crippen LogP contribution in [0.5, 0.6) is 0 Å². The SMILES string of the molecule is O=C(c1ccsc1)N1CC(c2nncn2CC2CC2)C2(CCCCC2)C1. The molecule has 5 rings (SSSR count). The summed E-state index contributed by atoms with van der Waals surface area (Å²) in [6.45, 7) is 2.72. The number of hydrogen-bond acceptors (Lipinski definition) is 4. The summed E-state index contributed by atoms with van der Waals surface area (Å²) in [7, 11) is 0. The number of amides is 1. The van der Waals surface area contributed by atoms with Gasteiger partial charge in [-0.2, -0.15) is 11.3 Å². The van der Waals surface area contributed by atoms with E-state index in [1.54, 1.807) is 11.3 Å². The quantitative estimate of drug-likeness (QED) is 0.819. The molecule has 1 amide bonds. The van der Waals surface area contributed by atoms with Gasteiger partial charge in [0, 0.05) is 30.9 Å². The minimum Gasteiger partial charge on any atom is -0.337 e. The van der Waals surface area contributed by atoms with E-state index in [4.69, 9.17) is 0 Å². The highest BCUT2D eigenvalue weighted by molar-refractivity contribution is 7.08. The Labute approximate surface area is 158 Å². The van der Waals surface area contributed by atoms with Crippen molar-refractivity contribution in [2.24, 2.45) is 11.3 Å². The van der Waals surface area contributed by atoms with Gasteiger partial charge in [0.05, 0.1) is 5.56 Å². The molecule has 2 aromatic heterocycles. The Balaban J connectivity index is 1.46. The van der Waals surface area contributed by atoms with Gasteiger partial charge in [0.1, 0.15) is 12.2 Å². The van der Waals surface area contributed by atoms with Gasteiger partial charge in [0.15, 0.2) is 0 Å². The molecule has 6 heteroatoms. The molecule has 1 spiro atoms. The second-order valence-corrected chi connectivity index (χ2v) is 9.24. The highest BCUT2D eigenvalue weighted by atomic mass is 32.1. The summed E-state index contributed by atoms with van der Waals surface area (Å²) in [5.74, 6) is 2.44. The third kappa shape index (κ3) is 2.88. The number of rotatable bonds is 4. The molecular weight excluding hydrogens is 344 g/mol. The Morgan fingerprint density at radius 2 is 2.12 bits per heavy atom. The smallest absolute Gasteiger partial charge is 0.254 e. The Kier molecular flexibility index (Phi) is 4.11. The van der Waals surface area contributed by atoms with Crippen LogP contribution in [-0.2, 0) is 6.54 Å². The predicted octanol–water partition coefficient (Wildman–Crippen LogP) is 3.94. The molecule has 3 aliphatic rings. The highest BCUT2D eigenvalue weighted by Crippen LogP contribution is 2.52. The van der Waals surface area contributed by atoms with E-state index in [2.05, 4.69) is 19.7 Å². The van der Waals surface area contributed by atoms with E-state index >= 15 is 0 Å². The Hall–Kier alpha value is -1.69. The van der Waals surface area contributed by atoms with E-state index < -0.39 is 0 Å². The number of likely N-dealkylation sites (tertiary alicyclic amines) is 1. The van der Waals surface area contributed by atoms with Gasteiger partial charge in [-0.05, 0) is 48.5 Å². The maximum Gasteiger partial charge on any atom is 0.254 e.